The highest BCUT2D eigenvalue weighted by Crippen LogP contribution is 2.17. The lowest BCUT2D eigenvalue weighted by molar-refractivity contribution is 0.578. The van der Waals surface area contributed by atoms with Gasteiger partial charge in [0.2, 0.25) is 10.0 Å². The van der Waals surface area contributed by atoms with Gasteiger partial charge in [0.15, 0.2) is 0 Å². The average molecular weight is 301 g/mol. The van der Waals surface area contributed by atoms with E-state index in [-0.39, 0.29) is 18.0 Å². The van der Waals surface area contributed by atoms with Crippen molar-refractivity contribution in [2.75, 3.05) is 0 Å². The normalized spacial score (nSPS) is 11.9. The Morgan fingerprint density at radius 1 is 1.47 bits per heavy atom. The Kier molecular flexibility index (Phi) is 3.99. The number of aryl methyl sites for hydroxylation is 2. The molecule has 0 radical (unpaired) electrons. The van der Waals surface area contributed by atoms with E-state index in [9.17, 15) is 8.42 Å². The van der Waals surface area contributed by atoms with Crippen LogP contribution in [-0.2, 0) is 23.1 Å². The zero-order valence-corrected chi connectivity index (χ0v) is 12.2. The molecule has 0 saturated carbocycles. The summed E-state index contributed by atoms with van der Waals surface area (Å²) in [4.78, 5) is 4.33. The molecule has 2 rings (SSSR count). The highest BCUT2D eigenvalue weighted by atomic mass is 32.2. The molecule has 0 unspecified atom stereocenters. The van der Waals surface area contributed by atoms with Gasteiger partial charge in [-0.3, -0.25) is 5.10 Å². The summed E-state index contributed by atoms with van der Waals surface area (Å²) in [6.07, 6.45) is 0. The molecule has 4 N–H and O–H groups in total. The number of thiazole rings is 1. The van der Waals surface area contributed by atoms with E-state index in [4.69, 9.17) is 5.73 Å². The quantitative estimate of drug-likeness (QED) is 0.740. The van der Waals surface area contributed by atoms with Gasteiger partial charge in [-0.25, -0.2) is 18.1 Å². The average Bonchev–Trinajstić information content (AvgIpc) is 2.93. The van der Waals surface area contributed by atoms with Gasteiger partial charge in [-0.15, -0.1) is 11.3 Å². The van der Waals surface area contributed by atoms with Gasteiger partial charge in [-0.05, 0) is 13.8 Å². The predicted octanol–water partition coefficient (Wildman–Crippen LogP) is 0.420. The maximum atomic E-state index is 12.2. The molecule has 104 valence electrons. The predicted molar refractivity (Wildman–Crippen MR) is 72.1 cm³/mol. The summed E-state index contributed by atoms with van der Waals surface area (Å²) in [5.74, 6) is 0. The summed E-state index contributed by atoms with van der Waals surface area (Å²) in [6.45, 7) is 3.74. The molecule has 0 aliphatic heterocycles. The molecule has 7 nitrogen and oxygen atoms in total. The SMILES string of the molecule is Cc1nc(CNS(=O)(=O)c2c(CN)n[nH]c2C)cs1. The first-order valence-corrected chi connectivity index (χ1v) is 7.95. The molecular formula is C10H15N5O2S2. The van der Waals surface area contributed by atoms with Crippen molar-refractivity contribution in [1.29, 1.82) is 0 Å². The van der Waals surface area contributed by atoms with Gasteiger partial charge in [0.05, 0.1) is 28.6 Å². The van der Waals surface area contributed by atoms with E-state index in [2.05, 4.69) is 19.9 Å². The number of rotatable bonds is 5. The molecule has 0 amide bonds. The van der Waals surface area contributed by atoms with Crippen LogP contribution in [0.1, 0.15) is 22.1 Å². The number of H-pyrrole nitrogens is 1. The number of nitrogens with one attached hydrogen (secondary N) is 2. The fourth-order valence-corrected chi connectivity index (χ4v) is 3.68. The number of aromatic amines is 1. The molecule has 0 aromatic carbocycles. The third-order valence-electron chi connectivity index (χ3n) is 2.53. The third kappa shape index (κ3) is 3.00. The van der Waals surface area contributed by atoms with Crippen LogP contribution in [0.2, 0.25) is 0 Å². The molecule has 2 aromatic rings. The summed E-state index contributed by atoms with van der Waals surface area (Å²) in [5, 5.41) is 9.23. The third-order valence-corrected chi connectivity index (χ3v) is 4.96. The first-order chi connectivity index (χ1) is 8.94. The molecule has 0 aliphatic rings. The van der Waals surface area contributed by atoms with Crippen molar-refractivity contribution in [3.8, 4) is 0 Å². The molecule has 0 saturated heterocycles. The van der Waals surface area contributed by atoms with Crippen LogP contribution in [-0.4, -0.2) is 23.6 Å². The van der Waals surface area contributed by atoms with Crippen LogP contribution in [0, 0.1) is 13.8 Å². The smallest absolute Gasteiger partial charge is 0.244 e. The molecule has 0 bridgehead atoms. The van der Waals surface area contributed by atoms with Crippen LogP contribution in [0.25, 0.3) is 0 Å². The Balaban J connectivity index is 2.20. The Labute approximate surface area is 115 Å². The lowest BCUT2D eigenvalue weighted by Gasteiger charge is -2.06. The van der Waals surface area contributed by atoms with Gasteiger partial charge in [-0.2, -0.15) is 5.10 Å². The number of aromatic nitrogens is 3. The van der Waals surface area contributed by atoms with Crippen molar-refractivity contribution < 1.29 is 8.42 Å². The van der Waals surface area contributed by atoms with Crippen molar-refractivity contribution in [3.63, 3.8) is 0 Å². The first-order valence-electron chi connectivity index (χ1n) is 5.58. The standard InChI is InChI=1S/C10H15N5O2S2/c1-6-10(9(3-11)15-14-6)19(16,17)12-4-8-5-18-7(2)13-8/h5,12H,3-4,11H2,1-2H3,(H,14,15). The number of nitrogens with zero attached hydrogens (tertiary/aromatic N) is 2. The molecule has 2 heterocycles. The number of sulfonamides is 1. The van der Waals surface area contributed by atoms with Crippen LogP contribution >= 0.6 is 11.3 Å². The van der Waals surface area contributed by atoms with Crippen LogP contribution < -0.4 is 10.5 Å². The second-order valence-electron chi connectivity index (χ2n) is 4.01. The highest BCUT2D eigenvalue weighted by molar-refractivity contribution is 7.89. The molecule has 19 heavy (non-hydrogen) atoms. The second kappa shape index (κ2) is 5.37. The minimum Gasteiger partial charge on any atom is -0.325 e. The summed E-state index contributed by atoms with van der Waals surface area (Å²) >= 11 is 1.48. The first kappa shape index (κ1) is 14.1. The summed E-state index contributed by atoms with van der Waals surface area (Å²) < 4.78 is 27.0. The molecule has 0 aliphatic carbocycles. The Morgan fingerprint density at radius 3 is 2.79 bits per heavy atom. The maximum absolute atomic E-state index is 12.2. The van der Waals surface area contributed by atoms with Crippen LogP contribution in [0.15, 0.2) is 10.3 Å². The van der Waals surface area contributed by atoms with E-state index in [1.54, 1.807) is 6.92 Å². The van der Waals surface area contributed by atoms with E-state index in [0.717, 1.165) is 5.01 Å². The van der Waals surface area contributed by atoms with Gasteiger partial charge in [0.1, 0.15) is 4.90 Å². The van der Waals surface area contributed by atoms with Crippen molar-refractivity contribution in [3.05, 3.63) is 27.5 Å². The lowest BCUT2D eigenvalue weighted by Crippen LogP contribution is -2.25. The van der Waals surface area contributed by atoms with Gasteiger partial charge in [0, 0.05) is 11.9 Å². The van der Waals surface area contributed by atoms with Gasteiger partial charge >= 0.3 is 0 Å². The van der Waals surface area contributed by atoms with Gasteiger partial charge in [0.25, 0.3) is 0 Å². The highest BCUT2D eigenvalue weighted by Gasteiger charge is 2.23. The molecule has 9 heteroatoms. The molecule has 0 atom stereocenters. The van der Waals surface area contributed by atoms with Crippen molar-refractivity contribution in [2.45, 2.75) is 31.8 Å². The van der Waals surface area contributed by atoms with E-state index < -0.39 is 10.0 Å². The summed E-state index contributed by atoms with van der Waals surface area (Å²) in [5.41, 5.74) is 6.99. The van der Waals surface area contributed by atoms with Gasteiger partial charge in [-0.1, -0.05) is 0 Å². The fourth-order valence-electron chi connectivity index (χ4n) is 1.69. The monoisotopic (exact) mass is 301 g/mol. The minimum atomic E-state index is -3.64. The van der Waals surface area contributed by atoms with E-state index in [1.165, 1.54) is 11.3 Å². The van der Waals surface area contributed by atoms with Crippen LogP contribution in [0.5, 0.6) is 0 Å². The van der Waals surface area contributed by atoms with E-state index in [1.807, 2.05) is 12.3 Å². The minimum absolute atomic E-state index is 0.0659. The lowest BCUT2D eigenvalue weighted by atomic mass is 10.4. The van der Waals surface area contributed by atoms with Crippen molar-refractivity contribution >= 4 is 21.4 Å². The Morgan fingerprint density at radius 2 is 2.21 bits per heavy atom. The maximum Gasteiger partial charge on any atom is 0.244 e. The number of nitrogens with two attached hydrogens (primary N) is 1. The van der Waals surface area contributed by atoms with Gasteiger partial charge < -0.3 is 5.73 Å². The summed E-state index contributed by atoms with van der Waals surface area (Å²) in [7, 11) is -3.64. The Bertz CT molecular complexity index is 674. The number of hydrogen-bond donors (Lipinski definition) is 3. The zero-order valence-electron chi connectivity index (χ0n) is 10.6. The Hall–Kier alpha value is -1.29. The van der Waals surface area contributed by atoms with Crippen LogP contribution in [0.3, 0.4) is 0 Å². The number of hydrogen-bond acceptors (Lipinski definition) is 6. The second-order valence-corrected chi connectivity index (χ2v) is 6.78. The van der Waals surface area contributed by atoms with E-state index >= 15 is 0 Å². The molecular weight excluding hydrogens is 286 g/mol. The largest absolute Gasteiger partial charge is 0.325 e. The van der Waals surface area contributed by atoms with Crippen LogP contribution in [0.4, 0.5) is 0 Å². The molecule has 2 aromatic heterocycles. The molecule has 0 fully saturated rings. The summed E-state index contributed by atoms with van der Waals surface area (Å²) in [6, 6.07) is 0. The van der Waals surface area contributed by atoms with Crippen molar-refractivity contribution in [1.82, 2.24) is 19.9 Å². The topological polar surface area (TPSA) is 114 Å². The zero-order chi connectivity index (χ0) is 14.0. The van der Waals surface area contributed by atoms with Crippen molar-refractivity contribution in [2.24, 2.45) is 5.73 Å². The fraction of sp³-hybridized carbons (Fsp3) is 0.400. The molecule has 0 spiro atoms. The van der Waals surface area contributed by atoms with E-state index in [0.29, 0.717) is 17.1 Å².